The molecule has 0 radical (unpaired) electrons. The number of rotatable bonds is 5. The number of amides is 1. The summed E-state index contributed by atoms with van der Waals surface area (Å²) < 4.78 is 1.79. The maximum absolute atomic E-state index is 13.0. The molecule has 3 aromatic rings. The zero-order valence-electron chi connectivity index (χ0n) is 15.8. The zero-order chi connectivity index (χ0) is 20.4. The number of carbonyl (C=O) groups excluding carboxylic acids is 1. The summed E-state index contributed by atoms with van der Waals surface area (Å²) in [5.41, 5.74) is 4.10. The quantitative estimate of drug-likeness (QED) is 0.488. The maximum atomic E-state index is 13.0. The van der Waals surface area contributed by atoms with Gasteiger partial charge in [-0.1, -0.05) is 54.9 Å². The Bertz CT molecular complexity index is 1120. The molecular formula is C22H19ClN4OS. The number of carbonyl (C=O) groups is 1. The Morgan fingerprint density at radius 2 is 1.86 bits per heavy atom. The Kier molecular flexibility index (Phi) is 5.47. The van der Waals surface area contributed by atoms with Crippen molar-refractivity contribution >= 4 is 46.6 Å². The highest BCUT2D eigenvalue weighted by Crippen LogP contribution is 2.26. The van der Waals surface area contributed by atoms with Crippen molar-refractivity contribution in [2.75, 3.05) is 4.90 Å². The maximum Gasteiger partial charge on any atom is 0.281 e. The highest BCUT2D eigenvalue weighted by molar-refractivity contribution is 7.80. The van der Waals surface area contributed by atoms with Gasteiger partial charge in [-0.3, -0.25) is 14.4 Å². The van der Waals surface area contributed by atoms with E-state index in [1.807, 2.05) is 54.7 Å². The monoisotopic (exact) mass is 422 g/mol. The highest BCUT2D eigenvalue weighted by Gasteiger charge is 2.33. The van der Waals surface area contributed by atoms with Gasteiger partial charge in [0.05, 0.1) is 18.4 Å². The molecule has 0 spiro atoms. The summed E-state index contributed by atoms with van der Waals surface area (Å²) in [4.78, 5) is 14.5. The minimum absolute atomic E-state index is 0.172. The standard InChI is InChI=1S/C22H19ClN4OS/c1-2-16-7-4-6-10-20(16)27-21(28)19(25-22(27)29)11-15-12-24-26(13-15)14-17-8-3-5-9-18(17)23/h3-13H,2,14H2,1H3,(H,25,29)/b19-11+. The molecular weight excluding hydrogens is 404 g/mol. The number of hydrogen-bond donors (Lipinski definition) is 1. The molecule has 2 heterocycles. The van der Waals surface area contributed by atoms with Gasteiger partial charge >= 0.3 is 0 Å². The fraction of sp³-hybridized carbons (Fsp3) is 0.136. The first kappa shape index (κ1) is 19.4. The van der Waals surface area contributed by atoms with Crippen LogP contribution in [0.5, 0.6) is 0 Å². The van der Waals surface area contributed by atoms with E-state index in [1.54, 1.807) is 21.9 Å². The molecule has 1 fully saturated rings. The Balaban J connectivity index is 1.57. The lowest BCUT2D eigenvalue weighted by Gasteiger charge is -2.17. The number of nitrogens with zero attached hydrogens (tertiary/aromatic N) is 3. The number of thiocarbonyl (C=S) groups is 1. The van der Waals surface area contributed by atoms with Crippen molar-refractivity contribution in [3.63, 3.8) is 0 Å². The third kappa shape index (κ3) is 3.95. The molecule has 1 saturated heterocycles. The molecule has 146 valence electrons. The predicted octanol–water partition coefficient (Wildman–Crippen LogP) is 4.41. The first-order valence-corrected chi connectivity index (χ1v) is 10.1. The second-order valence-electron chi connectivity index (χ2n) is 6.67. The van der Waals surface area contributed by atoms with Gasteiger partial charge in [0.2, 0.25) is 0 Å². The highest BCUT2D eigenvalue weighted by atomic mass is 35.5. The van der Waals surface area contributed by atoms with E-state index in [0.29, 0.717) is 22.4 Å². The van der Waals surface area contributed by atoms with E-state index < -0.39 is 0 Å². The summed E-state index contributed by atoms with van der Waals surface area (Å²) in [7, 11) is 0. The lowest BCUT2D eigenvalue weighted by atomic mass is 10.1. The average molecular weight is 423 g/mol. The van der Waals surface area contributed by atoms with Crippen molar-refractivity contribution in [2.24, 2.45) is 0 Å². The van der Waals surface area contributed by atoms with Crippen molar-refractivity contribution in [1.82, 2.24) is 15.1 Å². The Morgan fingerprint density at radius 1 is 1.14 bits per heavy atom. The number of aryl methyl sites for hydroxylation is 1. The summed E-state index contributed by atoms with van der Waals surface area (Å²) in [6.07, 6.45) is 6.16. The Morgan fingerprint density at radius 3 is 2.62 bits per heavy atom. The van der Waals surface area contributed by atoms with Crippen LogP contribution in [0.1, 0.15) is 23.6 Å². The van der Waals surface area contributed by atoms with Gasteiger partial charge in [0.25, 0.3) is 5.91 Å². The van der Waals surface area contributed by atoms with Gasteiger partial charge in [-0.05, 0) is 48.0 Å². The molecule has 5 nitrogen and oxygen atoms in total. The smallest absolute Gasteiger partial charge is 0.281 e. The van der Waals surface area contributed by atoms with Crippen LogP contribution in [0.25, 0.3) is 6.08 Å². The molecule has 0 bridgehead atoms. The van der Waals surface area contributed by atoms with Crippen LogP contribution in [-0.4, -0.2) is 20.8 Å². The molecule has 4 rings (SSSR count). The number of hydrogen-bond acceptors (Lipinski definition) is 3. The second kappa shape index (κ2) is 8.19. The van der Waals surface area contributed by atoms with Crippen LogP contribution in [0, 0.1) is 0 Å². The number of para-hydroxylation sites is 1. The van der Waals surface area contributed by atoms with E-state index in [0.717, 1.165) is 28.8 Å². The minimum Gasteiger partial charge on any atom is -0.327 e. The zero-order valence-corrected chi connectivity index (χ0v) is 17.4. The molecule has 1 aromatic heterocycles. The van der Waals surface area contributed by atoms with Crippen LogP contribution in [-0.2, 0) is 17.8 Å². The number of nitrogens with one attached hydrogen (secondary N) is 1. The molecule has 0 unspecified atom stereocenters. The van der Waals surface area contributed by atoms with Gasteiger partial charge in [-0.2, -0.15) is 5.10 Å². The SMILES string of the molecule is CCc1ccccc1N1C(=O)/C(=C\c2cnn(Cc3ccccc3Cl)c2)NC1=S. The lowest BCUT2D eigenvalue weighted by Crippen LogP contribution is -2.31. The molecule has 0 atom stereocenters. The summed E-state index contributed by atoms with van der Waals surface area (Å²) in [6, 6.07) is 15.4. The van der Waals surface area contributed by atoms with Gasteiger partial charge in [0, 0.05) is 16.8 Å². The molecule has 2 aromatic carbocycles. The lowest BCUT2D eigenvalue weighted by molar-refractivity contribution is -0.113. The first-order valence-electron chi connectivity index (χ1n) is 9.27. The first-order chi connectivity index (χ1) is 14.1. The number of anilines is 1. The van der Waals surface area contributed by atoms with Crippen molar-refractivity contribution in [1.29, 1.82) is 0 Å². The van der Waals surface area contributed by atoms with Gasteiger partial charge in [0.1, 0.15) is 5.70 Å². The molecule has 29 heavy (non-hydrogen) atoms. The number of aromatic nitrogens is 2. The fourth-order valence-corrected chi connectivity index (χ4v) is 3.78. The van der Waals surface area contributed by atoms with Crippen LogP contribution in [0.3, 0.4) is 0 Å². The van der Waals surface area contributed by atoms with E-state index >= 15 is 0 Å². The molecule has 0 aliphatic carbocycles. The van der Waals surface area contributed by atoms with Gasteiger partial charge in [0.15, 0.2) is 5.11 Å². The fourth-order valence-electron chi connectivity index (χ4n) is 3.29. The summed E-state index contributed by atoms with van der Waals surface area (Å²) in [6.45, 7) is 2.61. The number of halogens is 1. The average Bonchev–Trinajstić information content (AvgIpc) is 3.27. The molecule has 0 saturated carbocycles. The van der Waals surface area contributed by atoms with Crippen molar-refractivity contribution in [3.8, 4) is 0 Å². The van der Waals surface area contributed by atoms with Crippen LogP contribution in [0.15, 0.2) is 66.6 Å². The normalized spacial score (nSPS) is 15.2. The topological polar surface area (TPSA) is 50.2 Å². The third-order valence-electron chi connectivity index (χ3n) is 4.75. The van der Waals surface area contributed by atoms with Crippen LogP contribution in [0.4, 0.5) is 5.69 Å². The van der Waals surface area contributed by atoms with Gasteiger partial charge < -0.3 is 5.32 Å². The molecule has 1 amide bonds. The molecule has 7 heteroatoms. The molecule has 1 aliphatic rings. The number of benzene rings is 2. The van der Waals surface area contributed by atoms with Crippen LogP contribution in [0.2, 0.25) is 5.02 Å². The van der Waals surface area contributed by atoms with Crippen molar-refractivity contribution in [2.45, 2.75) is 19.9 Å². The summed E-state index contributed by atoms with van der Waals surface area (Å²) >= 11 is 11.6. The van der Waals surface area contributed by atoms with Gasteiger partial charge in [-0.15, -0.1) is 0 Å². The van der Waals surface area contributed by atoms with E-state index in [9.17, 15) is 4.79 Å². The second-order valence-corrected chi connectivity index (χ2v) is 7.47. The largest absolute Gasteiger partial charge is 0.327 e. The van der Waals surface area contributed by atoms with E-state index in [1.165, 1.54) is 0 Å². The van der Waals surface area contributed by atoms with Crippen LogP contribution >= 0.6 is 23.8 Å². The van der Waals surface area contributed by atoms with E-state index in [2.05, 4.69) is 17.3 Å². The Labute approximate surface area is 179 Å². The molecule has 1 N–H and O–H groups in total. The Hall–Kier alpha value is -2.96. The van der Waals surface area contributed by atoms with E-state index in [-0.39, 0.29) is 5.91 Å². The van der Waals surface area contributed by atoms with Gasteiger partial charge in [-0.25, -0.2) is 0 Å². The molecule has 1 aliphatic heterocycles. The van der Waals surface area contributed by atoms with Crippen molar-refractivity contribution in [3.05, 3.63) is 88.3 Å². The predicted molar refractivity (Wildman–Crippen MR) is 120 cm³/mol. The summed E-state index contributed by atoms with van der Waals surface area (Å²) in [5, 5.41) is 8.48. The third-order valence-corrected chi connectivity index (χ3v) is 5.40. The minimum atomic E-state index is -0.172. The van der Waals surface area contributed by atoms with Crippen LogP contribution < -0.4 is 10.2 Å². The summed E-state index contributed by atoms with van der Waals surface area (Å²) in [5.74, 6) is -0.172. The van der Waals surface area contributed by atoms with Crippen molar-refractivity contribution < 1.29 is 4.79 Å². The van der Waals surface area contributed by atoms with E-state index in [4.69, 9.17) is 23.8 Å².